The van der Waals surface area contributed by atoms with Gasteiger partial charge in [-0.1, -0.05) is 17.0 Å². The summed E-state index contributed by atoms with van der Waals surface area (Å²) in [5.41, 5.74) is 11.3. The topological polar surface area (TPSA) is 104 Å². The second kappa shape index (κ2) is 6.09. The number of nitrogens with two attached hydrogens (primary N) is 1. The molecule has 16 heavy (non-hydrogen) atoms. The highest BCUT2D eigenvalue weighted by Gasteiger charge is 2.00. The average molecular weight is 215 g/mol. The molecule has 0 radical (unpaired) electrons. The van der Waals surface area contributed by atoms with Crippen molar-refractivity contribution in [1.29, 1.82) is 0 Å². The van der Waals surface area contributed by atoms with Crippen LogP contribution in [-0.4, -0.2) is 12.5 Å². The predicted octanol–water partition coefficient (Wildman–Crippen LogP) is 0.952. The number of azide groups is 1. The van der Waals surface area contributed by atoms with Gasteiger partial charge in [-0.25, -0.2) is 5.84 Å². The molecule has 3 N–H and O–H groups in total. The summed E-state index contributed by atoms with van der Waals surface area (Å²) in [4.78, 5) is 13.7. The first kappa shape index (κ1) is 11.6. The molecular formula is C10H9N5O. The van der Waals surface area contributed by atoms with Gasteiger partial charge in [0, 0.05) is 16.0 Å². The van der Waals surface area contributed by atoms with Crippen molar-refractivity contribution >= 4 is 5.91 Å². The number of nitrogens with one attached hydrogen (secondary N) is 1. The zero-order valence-corrected chi connectivity index (χ0v) is 8.34. The van der Waals surface area contributed by atoms with Crippen LogP contribution < -0.4 is 11.3 Å². The second-order valence-electron chi connectivity index (χ2n) is 2.74. The molecule has 0 aliphatic heterocycles. The molecular weight excluding hydrogens is 206 g/mol. The second-order valence-corrected chi connectivity index (χ2v) is 2.74. The minimum atomic E-state index is -0.353. The fourth-order valence-electron chi connectivity index (χ4n) is 0.997. The third-order valence-electron chi connectivity index (χ3n) is 1.72. The molecule has 0 saturated heterocycles. The summed E-state index contributed by atoms with van der Waals surface area (Å²) < 4.78 is 0. The van der Waals surface area contributed by atoms with E-state index in [0.29, 0.717) is 5.56 Å². The lowest BCUT2D eigenvalue weighted by molar-refractivity contribution is 0.0953. The van der Waals surface area contributed by atoms with E-state index in [0.717, 1.165) is 5.56 Å². The maximum absolute atomic E-state index is 11.1. The number of carbonyl (C=O) groups excluding carboxylic acids is 1. The van der Waals surface area contributed by atoms with Crippen molar-refractivity contribution < 1.29 is 4.79 Å². The minimum Gasteiger partial charge on any atom is -0.290 e. The quantitative estimate of drug-likeness (QED) is 0.146. The molecule has 0 aliphatic rings. The van der Waals surface area contributed by atoms with Gasteiger partial charge in [0.05, 0.1) is 6.54 Å². The molecule has 0 saturated carbocycles. The number of hydrogen-bond acceptors (Lipinski definition) is 3. The number of hydrazine groups is 1. The Morgan fingerprint density at radius 3 is 2.75 bits per heavy atom. The molecule has 0 fully saturated rings. The van der Waals surface area contributed by atoms with Gasteiger partial charge in [-0.2, -0.15) is 0 Å². The Morgan fingerprint density at radius 2 is 2.19 bits per heavy atom. The zero-order chi connectivity index (χ0) is 11.8. The Kier molecular flexibility index (Phi) is 4.41. The van der Waals surface area contributed by atoms with Crippen LogP contribution in [0.15, 0.2) is 29.4 Å². The molecule has 1 rings (SSSR count). The summed E-state index contributed by atoms with van der Waals surface area (Å²) in [6.07, 6.45) is 0. The van der Waals surface area contributed by atoms with Gasteiger partial charge in [0.2, 0.25) is 0 Å². The van der Waals surface area contributed by atoms with Crippen LogP contribution in [0.3, 0.4) is 0 Å². The molecule has 0 heterocycles. The SMILES string of the molecule is [N-]=[N+]=NCC#Cc1ccc(C(=O)NN)cc1. The Labute approximate surface area is 92.0 Å². The van der Waals surface area contributed by atoms with Gasteiger partial charge in [-0.05, 0) is 29.8 Å². The van der Waals surface area contributed by atoms with Crippen molar-refractivity contribution in [2.24, 2.45) is 11.0 Å². The third kappa shape index (κ3) is 3.35. The van der Waals surface area contributed by atoms with Crippen LogP contribution in [0.5, 0.6) is 0 Å². The highest BCUT2D eigenvalue weighted by atomic mass is 16.2. The van der Waals surface area contributed by atoms with Crippen molar-refractivity contribution in [2.75, 3.05) is 6.54 Å². The molecule has 0 spiro atoms. The summed E-state index contributed by atoms with van der Waals surface area (Å²) in [7, 11) is 0. The van der Waals surface area contributed by atoms with E-state index in [1.54, 1.807) is 24.3 Å². The third-order valence-corrected chi connectivity index (χ3v) is 1.72. The molecule has 6 heteroatoms. The average Bonchev–Trinajstić information content (AvgIpc) is 2.34. The number of carbonyl (C=O) groups is 1. The first-order valence-electron chi connectivity index (χ1n) is 4.38. The van der Waals surface area contributed by atoms with Crippen LogP contribution in [0.25, 0.3) is 10.4 Å². The molecule has 1 amide bonds. The summed E-state index contributed by atoms with van der Waals surface area (Å²) >= 11 is 0. The molecule has 0 aliphatic carbocycles. The number of benzene rings is 1. The highest BCUT2D eigenvalue weighted by molar-refractivity contribution is 5.93. The van der Waals surface area contributed by atoms with Crippen LogP contribution in [0, 0.1) is 11.8 Å². The lowest BCUT2D eigenvalue weighted by Gasteiger charge is -1.98. The van der Waals surface area contributed by atoms with Gasteiger partial charge in [-0.15, -0.1) is 0 Å². The molecule has 6 nitrogen and oxygen atoms in total. The van der Waals surface area contributed by atoms with E-state index >= 15 is 0 Å². The van der Waals surface area contributed by atoms with Gasteiger partial charge in [0.15, 0.2) is 0 Å². The van der Waals surface area contributed by atoms with Crippen LogP contribution in [0.4, 0.5) is 0 Å². The van der Waals surface area contributed by atoms with Crippen LogP contribution in [0.1, 0.15) is 15.9 Å². The van der Waals surface area contributed by atoms with E-state index in [1.165, 1.54) is 0 Å². The lowest BCUT2D eigenvalue weighted by Crippen LogP contribution is -2.29. The summed E-state index contributed by atoms with van der Waals surface area (Å²) in [5.74, 6) is 10.1. The monoisotopic (exact) mass is 215 g/mol. The predicted molar refractivity (Wildman–Crippen MR) is 59.0 cm³/mol. The number of rotatable bonds is 2. The maximum atomic E-state index is 11.1. The van der Waals surface area contributed by atoms with Gasteiger partial charge < -0.3 is 0 Å². The minimum absolute atomic E-state index is 0.127. The van der Waals surface area contributed by atoms with Crippen molar-refractivity contribution in [3.63, 3.8) is 0 Å². The molecule has 1 aromatic carbocycles. The van der Waals surface area contributed by atoms with E-state index in [4.69, 9.17) is 11.4 Å². The number of nitrogen functional groups attached to an aromatic ring is 1. The van der Waals surface area contributed by atoms with Gasteiger partial charge >= 0.3 is 0 Å². The first-order chi connectivity index (χ1) is 7.77. The Balaban J connectivity index is 2.74. The fraction of sp³-hybridized carbons (Fsp3) is 0.100. The Morgan fingerprint density at radius 1 is 1.50 bits per heavy atom. The van der Waals surface area contributed by atoms with Crippen molar-refractivity contribution in [3.05, 3.63) is 45.8 Å². The fourth-order valence-corrected chi connectivity index (χ4v) is 0.997. The van der Waals surface area contributed by atoms with Crippen molar-refractivity contribution in [2.45, 2.75) is 0 Å². The zero-order valence-electron chi connectivity index (χ0n) is 8.34. The first-order valence-corrected chi connectivity index (χ1v) is 4.38. The lowest BCUT2D eigenvalue weighted by atomic mass is 10.1. The summed E-state index contributed by atoms with van der Waals surface area (Å²) in [5, 5.41) is 3.27. The maximum Gasteiger partial charge on any atom is 0.265 e. The summed E-state index contributed by atoms with van der Waals surface area (Å²) in [6, 6.07) is 6.60. The largest absolute Gasteiger partial charge is 0.290 e. The van der Waals surface area contributed by atoms with Crippen LogP contribution in [0.2, 0.25) is 0 Å². The Bertz CT molecular complexity index is 476. The molecule has 0 bridgehead atoms. The standard InChI is InChI=1S/C10H9N5O/c11-14-10(16)9-5-3-8(4-6-9)2-1-7-13-15-12/h3-6H,7,11H2,(H,14,16). The molecule has 80 valence electrons. The van der Waals surface area contributed by atoms with Gasteiger partial charge in [-0.3, -0.25) is 10.2 Å². The highest BCUT2D eigenvalue weighted by Crippen LogP contribution is 2.02. The molecule has 1 aromatic rings. The van der Waals surface area contributed by atoms with E-state index in [-0.39, 0.29) is 12.5 Å². The van der Waals surface area contributed by atoms with Crippen LogP contribution >= 0.6 is 0 Å². The van der Waals surface area contributed by atoms with E-state index in [9.17, 15) is 4.79 Å². The number of amides is 1. The van der Waals surface area contributed by atoms with Crippen LogP contribution in [-0.2, 0) is 0 Å². The van der Waals surface area contributed by atoms with Crippen molar-refractivity contribution in [3.8, 4) is 11.8 Å². The number of nitrogens with zero attached hydrogens (tertiary/aromatic N) is 3. The van der Waals surface area contributed by atoms with E-state index in [1.807, 2.05) is 5.43 Å². The molecule has 0 aromatic heterocycles. The smallest absolute Gasteiger partial charge is 0.265 e. The number of hydrogen-bond donors (Lipinski definition) is 2. The van der Waals surface area contributed by atoms with E-state index in [2.05, 4.69) is 21.9 Å². The Hall–Kier alpha value is -2.48. The van der Waals surface area contributed by atoms with E-state index < -0.39 is 0 Å². The summed E-state index contributed by atoms with van der Waals surface area (Å²) in [6.45, 7) is 0.127. The van der Waals surface area contributed by atoms with Crippen molar-refractivity contribution in [1.82, 2.24) is 5.43 Å². The molecule has 0 atom stereocenters. The van der Waals surface area contributed by atoms with Gasteiger partial charge in [0.25, 0.3) is 5.91 Å². The molecule has 0 unspecified atom stereocenters. The van der Waals surface area contributed by atoms with Gasteiger partial charge in [0.1, 0.15) is 0 Å². The normalized spacial score (nSPS) is 8.31.